The Labute approximate surface area is 118 Å². The van der Waals surface area contributed by atoms with Crippen LogP contribution in [0.2, 0.25) is 0 Å². The number of halogens is 3. The first-order chi connectivity index (χ1) is 9.40. The third kappa shape index (κ3) is 3.56. The Hall–Kier alpha value is -1.44. The summed E-state index contributed by atoms with van der Waals surface area (Å²) in [6.45, 7) is 1.89. The molecule has 0 aliphatic rings. The average Bonchev–Trinajstić information content (AvgIpc) is 2.81. The highest BCUT2D eigenvalue weighted by molar-refractivity contribution is 7.09. The minimum absolute atomic E-state index is 0.261. The molecular weight excluding hydrogens is 287 g/mol. The van der Waals surface area contributed by atoms with Crippen LogP contribution in [0.15, 0.2) is 29.6 Å². The molecule has 0 saturated carbocycles. The lowest BCUT2D eigenvalue weighted by molar-refractivity contribution is -0.137. The van der Waals surface area contributed by atoms with Gasteiger partial charge in [-0.25, -0.2) is 4.98 Å². The fourth-order valence-electron chi connectivity index (χ4n) is 1.85. The number of nitrogens with one attached hydrogen (secondary N) is 1. The van der Waals surface area contributed by atoms with Crippen LogP contribution in [0.5, 0.6) is 0 Å². The maximum absolute atomic E-state index is 12.5. The number of aromatic nitrogens is 1. The summed E-state index contributed by atoms with van der Waals surface area (Å²) in [6, 6.07) is 4.74. The predicted octanol–water partition coefficient (Wildman–Crippen LogP) is 3.22. The Kier molecular flexibility index (Phi) is 4.42. The van der Waals surface area contributed by atoms with Gasteiger partial charge in [0.1, 0.15) is 0 Å². The molecule has 0 bridgehead atoms. The summed E-state index contributed by atoms with van der Waals surface area (Å²) in [5.74, 6) is 5.49. The molecule has 3 nitrogen and oxygen atoms in total. The molecule has 108 valence electrons. The third-order valence-electron chi connectivity index (χ3n) is 2.89. The van der Waals surface area contributed by atoms with Crippen LogP contribution in [-0.2, 0) is 12.6 Å². The Bertz CT molecular complexity index is 563. The van der Waals surface area contributed by atoms with Crippen LogP contribution in [-0.4, -0.2) is 4.98 Å². The van der Waals surface area contributed by atoms with E-state index in [2.05, 4.69) is 10.4 Å². The van der Waals surface area contributed by atoms with E-state index in [1.54, 1.807) is 0 Å². The highest BCUT2D eigenvalue weighted by atomic mass is 32.1. The summed E-state index contributed by atoms with van der Waals surface area (Å²) in [7, 11) is 0. The second kappa shape index (κ2) is 5.90. The summed E-state index contributed by atoms with van der Waals surface area (Å²) in [5, 5.41) is 2.82. The number of hydrogen-bond donors (Lipinski definition) is 2. The summed E-state index contributed by atoms with van der Waals surface area (Å²) < 4.78 is 37.5. The standard InChI is InChI=1S/C13H14F3N3S/c1-8-7-20-12(18-8)6-11(19-17)9-2-4-10(5-3-9)13(14,15)16/h2-5,7,11,19H,6,17H2,1H3. The van der Waals surface area contributed by atoms with Crippen molar-refractivity contribution < 1.29 is 13.2 Å². The first-order valence-electron chi connectivity index (χ1n) is 5.94. The second-order valence-corrected chi connectivity index (χ2v) is 5.37. The first-order valence-corrected chi connectivity index (χ1v) is 6.82. The van der Waals surface area contributed by atoms with Crippen LogP contribution in [0.1, 0.15) is 27.9 Å². The van der Waals surface area contributed by atoms with E-state index >= 15 is 0 Å². The van der Waals surface area contributed by atoms with Crippen molar-refractivity contribution in [3.8, 4) is 0 Å². The van der Waals surface area contributed by atoms with Crippen LogP contribution in [0.4, 0.5) is 13.2 Å². The Morgan fingerprint density at radius 1 is 1.30 bits per heavy atom. The highest BCUT2D eigenvalue weighted by Crippen LogP contribution is 2.30. The second-order valence-electron chi connectivity index (χ2n) is 4.43. The molecule has 0 spiro atoms. The minimum atomic E-state index is -4.32. The quantitative estimate of drug-likeness (QED) is 0.673. The Balaban J connectivity index is 2.15. The van der Waals surface area contributed by atoms with Gasteiger partial charge in [0.2, 0.25) is 0 Å². The van der Waals surface area contributed by atoms with E-state index in [1.807, 2.05) is 12.3 Å². The van der Waals surface area contributed by atoms with Gasteiger partial charge in [0.05, 0.1) is 16.6 Å². The molecule has 3 N–H and O–H groups in total. The molecule has 0 amide bonds. The largest absolute Gasteiger partial charge is 0.416 e. The van der Waals surface area contributed by atoms with Crippen molar-refractivity contribution >= 4 is 11.3 Å². The number of thiazole rings is 1. The van der Waals surface area contributed by atoms with Crippen molar-refractivity contribution in [1.82, 2.24) is 10.4 Å². The number of hydrogen-bond acceptors (Lipinski definition) is 4. The summed E-state index contributed by atoms with van der Waals surface area (Å²) >= 11 is 1.51. The topological polar surface area (TPSA) is 50.9 Å². The number of nitrogens with zero attached hydrogens (tertiary/aromatic N) is 1. The van der Waals surface area contributed by atoms with Crippen molar-refractivity contribution in [2.45, 2.75) is 25.6 Å². The minimum Gasteiger partial charge on any atom is -0.271 e. The van der Waals surface area contributed by atoms with Gasteiger partial charge in [-0.1, -0.05) is 12.1 Å². The molecule has 1 unspecified atom stereocenters. The van der Waals surface area contributed by atoms with Crippen LogP contribution in [0.3, 0.4) is 0 Å². The lowest BCUT2D eigenvalue weighted by atomic mass is 10.0. The van der Waals surface area contributed by atoms with Gasteiger partial charge < -0.3 is 0 Å². The molecular formula is C13H14F3N3S. The zero-order chi connectivity index (χ0) is 14.8. The molecule has 1 aromatic heterocycles. The SMILES string of the molecule is Cc1csc(CC(NN)c2ccc(C(F)(F)F)cc2)n1. The van der Waals surface area contributed by atoms with E-state index < -0.39 is 11.7 Å². The number of nitrogens with two attached hydrogens (primary N) is 1. The lowest BCUT2D eigenvalue weighted by Crippen LogP contribution is -2.29. The summed E-state index contributed by atoms with van der Waals surface area (Å²) in [6.07, 6.45) is -3.78. The lowest BCUT2D eigenvalue weighted by Gasteiger charge is -2.16. The van der Waals surface area contributed by atoms with Crippen molar-refractivity contribution in [2.75, 3.05) is 0 Å². The molecule has 2 rings (SSSR count). The van der Waals surface area contributed by atoms with Gasteiger partial charge in [-0.05, 0) is 24.6 Å². The fourth-order valence-corrected chi connectivity index (χ4v) is 2.67. The van der Waals surface area contributed by atoms with Gasteiger partial charge >= 0.3 is 6.18 Å². The van der Waals surface area contributed by atoms with E-state index in [0.29, 0.717) is 12.0 Å². The first kappa shape index (κ1) is 15.0. The number of hydrazine groups is 1. The Morgan fingerprint density at radius 3 is 2.40 bits per heavy atom. The van der Waals surface area contributed by atoms with Gasteiger partial charge in [-0.2, -0.15) is 13.2 Å². The predicted molar refractivity (Wildman–Crippen MR) is 72.1 cm³/mol. The molecule has 0 saturated heterocycles. The van der Waals surface area contributed by atoms with Gasteiger partial charge in [0, 0.05) is 17.5 Å². The zero-order valence-electron chi connectivity index (χ0n) is 10.7. The Morgan fingerprint density at radius 2 is 1.95 bits per heavy atom. The maximum atomic E-state index is 12.5. The molecule has 0 radical (unpaired) electrons. The molecule has 1 aromatic carbocycles. The molecule has 0 aliphatic heterocycles. The average molecular weight is 301 g/mol. The van der Waals surface area contributed by atoms with Crippen LogP contribution in [0, 0.1) is 6.92 Å². The molecule has 1 atom stereocenters. The van der Waals surface area contributed by atoms with E-state index in [9.17, 15) is 13.2 Å². The van der Waals surface area contributed by atoms with Crippen molar-refractivity contribution in [3.63, 3.8) is 0 Å². The van der Waals surface area contributed by atoms with Crippen LogP contribution < -0.4 is 11.3 Å². The third-order valence-corrected chi connectivity index (χ3v) is 3.88. The molecule has 20 heavy (non-hydrogen) atoms. The zero-order valence-corrected chi connectivity index (χ0v) is 11.6. The molecule has 0 fully saturated rings. The summed E-state index contributed by atoms with van der Waals surface area (Å²) in [5.41, 5.74) is 3.58. The van der Waals surface area contributed by atoms with Gasteiger partial charge in [-0.15, -0.1) is 11.3 Å². The van der Waals surface area contributed by atoms with Gasteiger partial charge in [0.25, 0.3) is 0 Å². The van der Waals surface area contributed by atoms with Crippen LogP contribution >= 0.6 is 11.3 Å². The fraction of sp³-hybridized carbons (Fsp3) is 0.308. The number of benzene rings is 1. The monoisotopic (exact) mass is 301 g/mol. The van der Waals surface area contributed by atoms with Crippen LogP contribution in [0.25, 0.3) is 0 Å². The van der Waals surface area contributed by atoms with Gasteiger partial charge in [-0.3, -0.25) is 11.3 Å². The molecule has 2 aromatic rings. The van der Waals surface area contributed by atoms with Crippen molar-refractivity contribution in [3.05, 3.63) is 51.5 Å². The smallest absolute Gasteiger partial charge is 0.271 e. The molecule has 0 aliphatic carbocycles. The van der Waals surface area contributed by atoms with E-state index in [-0.39, 0.29) is 6.04 Å². The maximum Gasteiger partial charge on any atom is 0.416 e. The van der Waals surface area contributed by atoms with E-state index in [4.69, 9.17) is 5.84 Å². The van der Waals surface area contributed by atoms with E-state index in [0.717, 1.165) is 22.8 Å². The van der Waals surface area contributed by atoms with Crippen molar-refractivity contribution in [1.29, 1.82) is 0 Å². The van der Waals surface area contributed by atoms with E-state index in [1.165, 1.54) is 23.5 Å². The van der Waals surface area contributed by atoms with Gasteiger partial charge in [0.15, 0.2) is 0 Å². The van der Waals surface area contributed by atoms with Crippen molar-refractivity contribution in [2.24, 2.45) is 5.84 Å². The summed E-state index contributed by atoms with van der Waals surface area (Å²) in [4.78, 5) is 4.32. The molecule has 7 heteroatoms. The number of aryl methyl sites for hydroxylation is 1. The molecule has 1 heterocycles. The normalized spacial score (nSPS) is 13.4. The number of alkyl halides is 3. The number of rotatable bonds is 4. The highest BCUT2D eigenvalue weighted by Gasteiger charge is 2.30.